The van der Waals surface area contributed by atoms with Crippen LogP contribution in [0.4, 0.5) is 22.7 Å². The zero-order chi connectivity index (χ0) is 14.0. The molecule has 0 saturated heterocycles. The molecule has 0 bridgehead atoms. The first kappa shape index (κ1) is 13.4. The van der Waals surface area contributed by atoms with Crippen molar-refractivity contribution < 1.29 is 4.92 Å². The highest BCUT2D eigenvalue weighted by Gasteiger charge is 2.14. The lowest BCUT2D eigenvalue weighted by Gasteiger charge is -2.10. The van der Waals surface area contributed by atoms with Crippen molar-refractivity contribution in [1.29, 1.82) is 0 Å². The Morgan fingerprint density at radius 2 is 1.89 bits per heavy atom. The van der Waals surface area contributed by atoms with E-state index in [0.29, 0.717) is 15.7 Å². The first-order valence-electron chi connectivity index (χ1n) is 5.54. The smallest absolute Gasteiger partial charge is 0.273 e. The van der Waals surface area contributed by atoms with Crippen LogP contribution in [0.25, 0.3) is 0 Å². The number of halogens is 1. The second-order valence-corrected chi connectivity index (χ2v) is 4.98. The molecule has 3 N–H and O–H groups in total. The van der Waals surface area contributed by atoms with Gasteiger partial charge in [-0.3, -0.25) is 10.1 Å². The van der Waals surface area contributed by atoms with Gasteiger partial charge in [0, 0.05) is 27.5 Å². The van der Waals surface area contributed by atoms with Crippen LogP contribution < -0.4 is 11.1 Å². The summed E-state index contributed by atoms with van der Waals surface area (Å²) in [6.45, 7) is 1.71. The van der Waals surface area contributed by atoms with Crippen LogP contribution >= 0.6 is 15.9 Å². The third-order valence-corrected chi connectivity index (χ3v) is 3.33. The molecular formula is C13H12BrN3O2. The highest BCUT2D eigenvalue weighted by molar-refractivity contribution is 9.10. The number of aryl methyl sites for hydroxylation is 1. The number of nitro groups is 1. The van der Waals surface area contributed by atoms with Gasteiger partial charge in [-0.25, -0.2) is 0 Å². The molecule has 0 radical (unpaired) electrons. The molecule has 19 heavy (non-hydrogen) atoms. The Bertz CT molecular complexity index is 627. The third-order valence-electron chi connectivity index (χ3n) is 2.67. The molecule has 0 saturated carbocycles. The molecule has 2 rings (SSSR count). The first-order chi connectivity index (χ1) is 8.97. The zero-order valence-electron chi connectivity index (χ0n) is 10.2. The summed E-state index contributed by atoms with van der Waals surface area (Å²) in [5.74, 6) is 0. The molecule has 5 nitrogen and oxygen atoms in total. The van der Waals surface area contributed by atoms with E-state index in [9.17, 15) is 10.1 Å². The van der Waals surface area contributed by atoms with Gasteiger partial charge in [0.25, 0.3) is 5.69 Å². The lowest BCUT2D eigenvalue weighted by molar-refractivity contribution is -0.385. The third kappa shape index (κ3) is 3.03. The molecule has 0 amide bonds. The molecule has 0 aliphatic rings. The maximum atomic E-state index is 10.8. The highest BCUT2D eigenvalue weighted by Crippen LogP contribution is 2.32. The lowest BCUT2D eigenvalue weighted by Crippen LogP contribution is -1.96. The fraction of sp³-hybridized carbons (Fsp3) is 0.0769. The number of nitro benzene ring substituents is 1. The van der Waals surface area contributed by atoms with E-state index in [4.69, 9.17) is 5.73 Å². The predicted octanol–water partition coefficient (Wildman–Crippen LogP) is 3.99. The standard InChI is InChI=1S/C13H12BrN3O2/c1-8-6-12(11(14)7-13(8)17(18)19)16-10-4-2-9(15)3-5-10/h2-7,16H,15H2,1H3. The normalized spacial score (nSPS) is 10.2. The van der Waals surface area contributed by atoms with Crippen LogP contribution in [-0.4, -0.2) is 4.92 Å². The Hall–Kier alpha value is -2.08. The topological polar surface area (TPSA) is 81.2 Å². The molecule has 0 aliphatic carbocycles. The highest BCUT2D eigenvalue weighted by atomic mass is 79.9. The monoisotopic (exact) mass is 321 g/mol. The van der Waals surface area contributed by atoms with Gasteiger partial charge in [-0.15, -0.1) is 0 Å². The molecule has 0 aromatic heterocycles. The summed E-state index contributed by atoms with van der Waals surface area (Å²) in [5, 5.41) is 14.0. The van der Waals surface area contributed by atoms with Crippen molar-refractivity contribution in [2.75, 3.05) is 11.1 Å². The van der Waals surface area contributed by atoms with Crippen molar-refractivity contribution in [2.45, 2.75) is 6.92 Å². The van der Waals surface area contributed by atoms with Crippen LogP contribution in [-0.2, 0) is 0 Å². The summed E-state index contributed by atoms with van der Waals surface area (Å²) in [7, 11) is 0. The Morgan fingerprint density at radius 3 is 2.47 bits per heavy atom. The quantitative estimate of drug-likeness (QED) is 0.508. The summed E-state index contributed by atoms with van der Waals surface area (Å²) in [4.78, 5) is 10.4. The number of nitrogens with two attached hydrogens (primary N) is 1. The van der Waals surface area contributed by atoms with Crippen LogP contribution in [0.15, 0.2) is 40.9 Å². The van der Waals surface area contributed by atoms with Gasteiger partial charge in [0.1, 0.15) is 0 Å². The summed E-state index contributed by atoms with van der Waals surface area (Å²) >= 11 is 3.33. The van der Waals surface area contributed by atoms with E-state index in [2.05, 4.69) is 21.2 Å². The first-order valence-corrected chi connectivity index (χ1v) is 6.34. The van der Waals surface area contributed by atoms with Crippen LogP contribution in [0.3, 0.4) is 0 Å². The van der Waals surface area contributed by atoms with Gasteiger partial charge < -0.3 is 11.1 Å². The molecule has 0 fully saturated rings. The largest absolute Gasteiger partial charge is 0.399 e. The van der Waals surface area contributed by atoms with E-state index in [1.165, 1.54) is 6.07 Å². The Kier molecular flexibility index (Phi) is 3.71. The average molecular weight is 322 g/mol. The lowest BCUT2D eigenvalue weighted by atomic mass is 10.1. The fourth-order valence-corrected chi connectivity index (χ4v) is 2.12. The molecule has 6 heteroatoms. The number of hydrogen-bond acceptors (Lipinski definition) is 4. The van der Waals surface area contributed by atoms with Gasteiger partial charge in [-0.1, -0.05) is 0 Å². The second kappa shape index (κ2) is 5.27. The van der Waals surface area contributed by atoms with Crippen LogP contribution in [0.5, 0.6) is 0 Å². The van der Waals surface area contributed by atoms with E-state index in [1.807, 2.05) is 12.1 Å². The van der Waals surface area contributed by atoms with Crippen molar-refractivity contribution >= 4 is 38.7 Å². The summed E-state index contributed by atoms with van der Waals surface area (Å²) < 4.78 is 0.640. The molecule has 98 valence electrons. The van der Waals surface area contributed by atoms with Crippen molar-refractivity contribution in [1.82, 2.24) is 0 Å². The van der Waals surface area contributed by atoms with Gasteiger partial charge >= 0.3 is 0 Å². The van der Waals surface area contributed by atoms with E-state index >= 15 is 0 Å². The number of rotatable bonds is 3. The Morgan fingerprint density at radius 1 is 1.26 bits per heavy atom. The Labute approximate surface area is 118 Å². The summed E-state index contributed by atoms with van der Waals surface area (Å²) in [5.41, 5.74) is 8.63. The number of hydrogen-bond donors (Lipinski definition) is 2. The SMILES string of the molecule is Cc1cc(Nc2ccc(N)cc2)c(Br)cc1[N+](=O)[O-]. The van der Waals surface area contributed by atoms with Crippen molar-refractivity contribution in [2.24, 2.45) is 0 Å². The molecule has 0 spiro atoms. The molecule has 0 atom stereocenters. The predicted molar refractivity (Wildman–Crippen MR) is 79.7 cm³/mol. The van der Waals surface area contributed by atoms with E-state index in [-0.39, 0.29) is 5.69 Å². The fourth-order valence-electron chi connectivity index (χ4n) is 1.69. The van der Waals surface area contributed by atoms with Crippen LogP contribution in [0, 0.1) is 17.0 Å². The number of benzene rings is 2. The molecule has 0 heterocycles. The molecule has 2 aromatic rings. The minimum Gasteiger partial charge on any atom is -0.399 e. The second-order valence-electron chi connectivity index (χ2n) is 4.12. The molecule has 0 aliphatic heterocycles. The molecule has 0 unspecified atom stereocenters. The summed E-state index contributed by atoms with van der Waals surface area (Å²) in [6.07, 6.45) is 0. The van der Waals surface area contributed by atoms with Gasteiger partial charge in [0.2, 0.25) is 0 Å². The van der Waals surface area contributed by atoms with Crippen LogP contribution in [0.1, 0.15) is 5.56 Å². The number of nitrogens with zero attached hydrogens (tertiary/aromatic N) is 1. The van der Waals surface area contributed by atoms with Crippen molar-refractivity contribution in [3.8, 4) is 0 Å². The summed E-state index contributed by atoms with van der Waals surface area (Å²) in [6, 6.07) is 10.5. The Balaban J connectivity index is 2.33. The maximum absolute atomic E-state index is 10.8. The van der Waals surface area contributed by atoms with E-state index in [0.717, 1.165) is 11.4 Å². The van der Waals surface area contributed by atoms with Gasteiger partial charge in [0.15, 0.2) is 0 Å². The zero-order valence-corrected chi connectivity index (χ0v) is 11.8. The minimum absolute atomic E-state index is 0.0923. The van der Waals surface area contributed by atoms with E-state index in [1.54, 1.807) is 25.1 Å². The van der Waals surface area contributed by atoms with Crippen molar-refractivity contribution in [3.63, 3.8) is 0 Å². The number of anilines is 3. The maximum Gasteiger partial charge on any atom is 0.273 e. The van der Waals surface area contributed by atoms with E-state index < -0.39 is 4.92 Å². The molecular weight excluding hydrogens is 310 g/mol. The molecule has 2 aromatic carbocycles. The van der Waals surface area contributed by atoms with Gasteiger partial charge in [-0.05, 0) is 53.2 Å². The van der Waals surface area contributed by atoms with Crippen LogP contribution in [0.2, 0.25) is 0 Å². The van der Waals surface area contributed by atoms with Gasteiger partial charge in [-0.2, -0.15) is 0 Å². The minimum atomic E-state index is -0.396. The number of nitrogens with one attached hydrogen (secondary N) is 1. The van der Waals surface area contributed by atoms with Gasteiger partial charge in [0.05, 0.1) is 10.6 Å². The number of nitrogen functional groups attached to an aromatic ring is 1. The van der Waals surface area contributed by atoms with Crippen molar-refractivity contribution in [3.05, 3.63) is 56.5 Å². The average Bonchev–Trinajstić information content (AvgIpc) is 2.35.